The molecule has 1 aromatic carbocycles. The van der Waals surface area contributed by atoms with Crippen LogP contribution in [0.1, 0.15) is 38.8 Å². The lowest BCUT2D eigenvalue weighted by molar-refractivity contribution is -0.138. The van der Waals surface area contributed by atoms with Crippen molar-refractivity contribution >= 4 is 21.9 Å². The summed E-state index contributed by atoms with van der Waals surface area (Å²) in [4.78, 5) is 13.0. The van der Waals surface area contributed by atoms with Crippen molar-refractivity contribution in [3.8, 4) is 0 Å². The number of carboxylic acids is 1. The number of hydrogen-bond donors (Lipinski definition) is 1. The molecule has 0 aliphatic carbocycles. The highest BCUT2D eigenvalue weighted by Crippen LogP contribution is 2.29. The van der Waals surface area contributed by atoms with E-state index in [-0.39, 0.29) is 18.5 Å². The SMILES string of the molecule is CCN(C(C)CC(=O)O)C(C)c1ccccc1Br. The second kappa shape index (κ2) is 6.90. The third-order valence-electron chi connectivity index (χ3n) is 3.25. The van der Waals surface area contributed by atoms with Gasteiger partial charge in [-0.2, -0.15) is 0 Å². The van der Waals surface area contributed by atoms with Gasteiger partial charge >= 0.3 is 5.97 Å². The maximum absolute atomic E-state index is 10.8. The van der Waals surface area contributed by atoms with Gasteiger partial charge in [0.2, 0.25) is 0 Å². The fourth-order valence-corrected chi connectivity index (χ4v) is 2.95. The zero-order valence-electron chi connectivity index (χ0n) is 11.1. The molecule has 0 fully saturated rings. The molecular formula is C14H20BrNO2. The highest BCUT2D eigenvalue weighted by Gasteiger charge is 2.22. The van der Waals surface area contributed by atoms with Crippen molar-refractivity contribution in [1.82, 2.24) is 4.90 Å². The van der Waals surface area contributed by atoms with E-state index in [4.69, 9.17) is 5.11 Å². The summed E-state index contributed by atoms with van der Waals surface area (Å²) in [6.07, 6.45) is 0.169. The van der Waals surface area contributed by atoms with Gasteiger partial charge in [0, 0.05) is 16.6 Å². The van der Waals surface area contributed by atoms with E-state index in [9.17, 15) is 4.79 Å². The molecule has 0 radical (unpaired) electrons. The molecular weight excluding hydrogens is 294 g/mol. The standard InChI is InChI=1S/C14H20BrNO2/c1-4-16(10(2)9-14(17)18)11(3)12-7-5-6-8-13(12)15/h5-8,10-11H,4,9H2,1-3H3,(H,17,18). The van der Waals surface area contributed by atoms with Gasteiger partial charge in [0.25, 0.3) is 0 Å². The average Bonchev–Trinajstić information content (AvgIpc) is 2.29. The van der Waals surface area contributed by atoms with E-state index in [1.807, 2.05) is 25.1 Å². The quantitative estimate of drug-likeness (QED) is 0.870. The normalized spacial score (nSPS) is 14.5. The molecule has 18 heavy (non-hydrogen) atoms. The minimum Gasteiger partial charge on any atom is -0.481 e. The Balaban J connectivity index is 2.88. The summed E-state index contributed by atoms with van der Waals surface area (Å²) in [6, 6.07) is 8.30. The van der Waals surface area contributed by atoms with Crippen LogP contribution in [-0.2, 0) is 4.79 Å². The van der Waals surface area contributed by atoms with Crippen LogP contribution >= 0.6 is 15.9 Å². The zero-order chi connectivity index (χ0) is 13.7. The Morgan fingerprint density at radius 2 is 2.00 bits per heavy atom. The van der Waals surface area contributed by atoms with Crippen LogP contribution in [-0.4, -0.2) is 28.6 Å². The molecule has 2 atom stereocenters. The summed E-state index contributed by atoms with van der Waals surface area (Å²) in [6.45, 7) is 6.97. The summed E-state index contributed by atoms with van der Waals surface area (Å²) in [5, 5.41) is 8.90. The number of halogens is 1. The minimum absolute atomic E-state index is 0.0228. The molecule has 0 aromatic heterocycles. The fourth-order valence-electron chi connectivity index (χ4n) is 2.33. The predicted molar refractivity (Wildman–Crippen MR) is 76.7 cm³/mol. The molecule has 0 bridgehead atoms. The maximum atomic E-state index is 10.8. The monoisotopic (exact) mass is 313 g/mol. The topological polar surface area (TPSA) is 40.5 Å². The van der Waals surface area contributed by atoms with Gasteiger partial charge in [-0.05, 0) is 32.0 Å². The zero-order valence-corrected chi connectivity index (χ0v) is 12.6. The summed E-state index contributed by atoms with van der Waals surface area (Å²) in [7, 11) is 0. The first-order valence-electron chi connectivity index (χ1n) is 6.19. The third-order valence-corrected chi connectivity index (χ3v) is 3.98. The number of carboxylic acid groups (broad SMARTS) is 1. The van der Waals surface area contributed by atoms with Crippen LogP contribution in [0.25, 0.3) is 0 Å². The van der Waals surface area contributed by atoms with Crippen molar-refractivity contribution in [3.63, 3.8) is 0 Å². The molecule has 3 nitrogen and oxygen atoms in total. The Hall–Kier alpha value is -0.870. The first-order chi connectivity index (χ1) is 8.47. The van der Waals surface area contributed by atoms with Gasteiger partial charge in [-0.25, -0.2) is 0 Å². The number of carbonyl (C=O) groups is 1. The minimum atomic E-state index is -0.750. The van der Waals surface area contributed by atoms with Crippen LogP contribution < -0.4 is 0 Å². The Morgan fingerprint density at radius 1 is 1.39 bits per heavy atom. The van der Waals surface area contributed by atoms with E-state index in [0.717, 1.165) is 11.0 Å². The number of nitrogens with zero attached hydrogens (tertiary/aromatic N) is 1. The Bertz CT molecular complexity index is 409. The first kappa shape index (κ1) is 15.2. The summed E-state index contributed by atoms with van der Waals surface area (Å²) < 4.78 is 1.07. The van der Waals surface area contributed by atoms with Crippen LogP contribution in [0.3, 0.4) is 0 Å². The second-order valence-corrected chi connectivity index (χ2v) is 5.33. The van der Waals surface area contributed by atoms with Crippen molar-refractivity contribution in [2.75, 3.05) is 6.54 Å². The molecule has 0 aliphatic heterocycles. The van der Waals surface area contributed by atoms with Crippen LogP contribution in [0, 0.1) is 0 Å². The van der Waals surface area contributed by atoms with E-state index < -0.39 is 5.97 Å². The van der Waals surface area contributed by atoms with Crippen LogP contribution in [0.4, 0.5) is 0 Å². The molecule has 1 aromatic rings. The summed E-state index contributed by atoms with van der Waals surface area (Å²) in [5.41, 5.74) is 1.19. The molecule has 100 valence electrons. The molecule has 1 N–H and O–H groups in total. The number of aliphatic carboxylic acids is 1. The van der Waals surface area contributed by atoms with E-state index in [1.165, 1.54) is 5.56 Å². The van der Waals surface area contributed by atoms with Gasteiger partial charge in [-0.15, -0.1) is 0 Å². The highest BCUT2D eigenvalue weighted by molar-refractivity contribution is 9.10. The van der Waals surface area contributed by atoms with E-state index in [0.29, 0.717) is 0 Å². The van der Waals surface area contributed by atoms with Crippen molar-refractivity contribution in [1.29, 1.82) is 0 Å². The summed E-state index contributed by atoms with van der Waals surface area (Å²) in [5.74, 6) is -0.750. The molecule has 4 heteroatoms. The lowest BCUT2D eigenvalue weighted by atomic mass is 10.0. The van der Waals surface area contributed by atoms with Gasteiger partial charge in [0.15, 0.2) is 0 Å². The first-order valence-corrected chi connectivity index (χ1v) is 6.98. The lowest BCUT2D eigenvalue weighted by Gasteiger charge is -2.33. The molecule has 0 heterocycles. The Kier molecular flexibility index (Phi) is 5.82. The van der Waals surface area contributed by atoms with Gasteiger partial charge in [-0.1, -0.05) is 41.1 Å². The second-order valence-electron chi connectivity index (χ2n) is 4.47. The molecule has 0 aliphatic rings. The highest BCUT2D eigenvalue weighted by atomic mass is 79.9. The molecule has 0 spiro atoms. The molecule has 0 amide bonds. The maximum Gasteiger partial charge on any atom is 0.304 e. The van der Waals surface area contributed by atoms with Crippen LogP contribution in [0.15, 0.2) is 28.7 Å². The van der Waals surface area contributed by atoms with Crippen molar-refractivity contribution in [3.05, 3.63) is 34.3 Å². The fraction of sp³-hybridized carbons (Fsp3) is 0.500. The van der Waals surface area contributed by atoms with Gasteiger partial charge in [0.1, 0.15) is 0 Å². The van der Waals surface area contributed by atoms with Crippen LogP contribution in [0.5, 0.6) is 0 Å². The predicted octanol–water partition coefficient (Wildman–Crippen LogP) is 3.70. The van der Waals surface area contributed by atoms with E-state index in [1.54, 1.807) is 0 Å². The molecule has 1 rings (SSSR count). The average molecular weight is 314 g/mol. The van der Waals surface area contributed by atoms with Gasteiger partial charge in [0.05, 0.1) is 6.42 Å². The largest absolute Gasteiger partial charge is 0.481 e. The third kappa shape index (κ3) is 3.82. The van der Waals surface area contributed by atoms with E-state index in [2.05, 4.69) is 40.7 Å². The van der Waals surface area contributed by atoms with Crippen molar-refractivity contribution < 1.29 is 9.90 Å². The van der Waals surface area contributed by atoms with Crippen LogP contribution in [0.2, 0.25) is 0 Å². The number of benzene rings is 1. The molecule has 0 saturated heterocycles. The van der Waals surface area contributed by atoms with Gasteiger partial charge < -0.3 is 5.11 Å². The van der Waals surface area contributed by atoms with Crippen molar-refractivity contribution in [2.45, 2.75) is 39.3 Å². The van der Waals surface area contributed by atoms with Crippen molar-refractivity contribution in [2.24, 2.45) is 0 Å². The number of hydrogen-bond acceptors (Lipinski definition) is 2. The summed E-state index contributed by atoms with van der Waals surface area (Å²) >= 11 is 3.55. The van der Waals surface area contributed by atoms with Gasteiger partial charge in [-0.3, -0.25) is 9.69 Å². The molecule has 0 saturated carbocycles. The number of rotatable bonds is 6. The smallest absolute Gasteiger partial charge is 0.304 e. The Labute approximate surface area is 117 Å². The Morgan fingerprint density at radius 3 is 2.50 bits per heavy atom. The van der Waals surface area contributed by atoms with E-state index >= 15 is 0 Å². The molecule has 2 unspecified atom stereocenters. The lowest BCUT2D eigenvalue weighted by Crippen LogP contribution is -2.36.